The number of aromatic nitrogens is 1. The summed E-state index contributed by atoms with van der Waals surface area (Å²) in [6.45, 7) is 2.33. The Bertz CT molecular complexity index is 981. The second-order valence-electron chi connectivity index (χ2n) is 7.55. The quantitative estimate of drug-likeness (QED) is 0.547. The number of hydrogen-bond acceptors (Lipinski definition) is 2. The smallest absolute Gasteiger partial charge is 0.0962 e. The first-order valence-corrected chi connectivity index (χ1v) is 10.4. The number of allylic oxidation sites excluding steroid dienone is 2. The third-order valence-electron chi connectivity index (χ3n) is 6.00. The Morgan fingerprint density at radius 3 is 2.65 bits per heavy atom. The third-order valence-corrected chi connectivity index (χ3v) is 7.34. The fourth-order valence-corrected chi connectivity index (χ4v) is 5.60. The molecule has 2 heteroatoms. The highest BCUT2D eigenvalue weighted by Crippen LogP contribution is 2.42. The number of rotatable bonds is 3. The van der Waals surface area contributed by atoms with Crippen molar-refractivity contribution in [3.05, 3.63) is 92.9 Å². The highest BCUT2D eigenvalue weighted by atomic mass is 32.1. The molecule has 0 fully saturated rings. The van der Waals surface area contributed by atoms with Crippen molar-refractivity contribution in [2.24, 2.45) is 0 Å². The highest BCUT2D eigenvalue weighted by molar-refractivity contribution is 7.11. The van der Waals surface area contributed by atoms with Gasteiger partial charge in [-0.25, -0.2) is 4.98 Å². The van der Waals surface area contributed by atoms with Gasteiger partial charge in [-0.2, -0.15) is 0 Å². The lowest BCUT2D eigenvalue weighted by atomic mass is 9.84. The van der Waals surface area contributed by atoms with Crippen LogP contribution in [0.25, 0.3) is 5.57 Å². The molecule has 0 bridgehead atoms. The topological polar surface area (TPSA) is 12.9 Å². The van der Waals surface area contributed by atoms with Crippen LogP contribution in [0.1, 0.15) is 57.3 Å². The predicted molar refractivity (Wildman–Crippen MR) is 110 cm³/mol. The van der Waals surface area contributed by atoms with E-state index in [9.17, 15) is 0 Å². The zero-order valence-corrected chi connectivity index (χ0v) is 15.9. The Hall–Kier alpha value is -2.19. The van der Waals surface area contributed by atoms with E-state index in [-0.39, 0.29) is 0 Å². The summed E-state index contributed by atoms with van der Waals surface area (Å²) in [4.78, 5) is 6.26. The van der Waals surface area contributed by atoms with Gasteiger partial charge in [-0.15, -0.1) is 11.3 Å². The van der Waals surface area contributed by atoms with E-state index >= 15 is 0 Å². The second-order valence-corrected chi connectivity index (χ2v) is 8.65. The summed E-state index contributed by atoms with van der Waals surface area (Å²) in [5.41, 5.74) is 7.41. The minimum absolute atomic E-state index is 0.431. The number of nitrogens with zero attached hydrogens (tertiary/aromatic N) is 1. The van der Waals surface area contributed by atoms with Gasteiger partial charge in [0.1, 0.15) is 0 Å². The van der Waals surface area contributed by atoms with Crippen molar-refractivity contribution in [2.75, 3.05) is 0 Å². The Morgan fingerprint density at radius 2 is 1.77 bits per heavy atom. The van der Waals surface area contributed by atoms with E-state index in [1.165, 1.54) is 50.6 Å². The van der Waals surface area contributed by atoms with E-state index in [0.29, 0.717) is 11.8 Å². The molecule has 0 aliphatic heterocycles. The summed E-state index contributed by atoms with van der Waals surface area (Å²) in [6.07, 6.45) is 9.16. The molecule has 2 aromatic carbocycles. The highest BCUT2D eigenvalue weighted by Gasteiger charge is 2.25. The molecule has 130 valence electrons. The van der Waals surface area contributed by atoms with Crippen molar-refractivity contribution in [3.8, 4) is 0 Å². The van der Waals surface area contributed by atoms with E-state index in [4.69, 9.17) is 4.98 Å². The van der Waals surface area contributed by atoms with Crippen LogP contribution in [0.4, 0.5) is 0 Å². The number of thiazole rings is 1. The number of benzene rings is 2. The molecule has 0 spiro atoms. The second kappa shape index (κ2) is 6.51. The van der Waals surface area contributed by atoms with Crippen LogP contribution in [0.5, 0.6) is 0 Å². The number of aryl methyl sites for hydroxylation is 1. The molecular weight excluding hydrogens is 334 g/mol. The standard InChI is InChI=1S/C24H23NS/c1-16(21-13-12-18-7-4-5-9-22(18)21)23-15-25-24(26-23)20-11-10-17-6-2-3-8-19(17)14-20/h2-9,13,15-16,20H,10-12,14H2,1H3. The van der Waals surface area contributed by atoms with Crippen molar-refractivity contribution in [1.29, 1.82) is 0 Å². The zero-order chi connectivity index (χ0) is 17.5. The summed E-state index contributed by atoms with van der Waals surface area (Å²) in [5, 5.41) is 1.33. The van der Waals surface area contributed by atoms with Gasteiger partial charge in [0.25, 0.3) is 0 Å². The van der Waals surface area contributed by atoms with Crippen LogP contribution in [0, 0.1) is 0 Å². The Morgan fingerprint density at radius 1 is 1.00 bits per heavy atom. The molecule has 5 rings (SSSR count). The first kappa shape index (κ1) is 16.0. The molecule has 1 nitrogen and oxygen atoms in total. The average molecular weight is 358 g/mol. The molecule has 2 atom stereocenters. The zero-order valence-electron chi connectivity index (χ0n) is 15.1. The van der Waals surface area contributed by atoms with Crippen LogP contribution in [0.3, 0.4) is 0 Å². The molecule has 0 radical (unpaired) electrons. The largest absolute Gasteiger partial charge is 0.249 e. The van der Waals surface area contributed by atoms with Gasteiger partial charge in [-0.3, -0.25) is 0 Å². The van der Waals surface area contributed by atoms with Gasteiger partial charge in [0.15, 0.2) is 0 Å². The van der Waals surface area contributed by atoms with Crippen LogP contribution in [0.2, 0.25) is 0 Å². The summed E-state index contributed by atoms with van der Waals surface area (Å²) in [5.74, 6) is 1.02. The molecule has 2 unspecified atom stereocenters. The number of hydrogen-bond donors (Lipinski definition) is 0. The molecule has 0 saturated carbocycles. The minimum atomic E-state index is 0.431. The van der Waals surface area contributed by atoms with Crippen LogP contribution < -0.4 is 0 Å². The van der Waals surface area contributed by atoms with Crippen LogP contribution in [-0.2, 0) is 19.3 Å². The maximum atomic E-state index is 4.85. The van der Waals surface area contributed by atoms with Crippen LogP contribution in [0.15, 0.2) is 60.8 Å². The van der Waals surface area contributed by atoms with Crippen molar-refractivity contribution < 1.29 is 0 Å². The summed E-state index contributed by atoms with van der Waals surface area (Å²) in [7, 11) is 0. The van der Waals surface area contributed by atoms with E-state index in [1.807, 2.05) is 11.3 Å². The Labute approximate surface area is 159 Å². The molecule has 26 heavy (non-hydrogen) atoms. The van der Waals surface area contributed by atoms with Gasteiger partial charge in [0, 0.05) is 22.9 Å². The average Bonchev–Trinajstić information content (AvgIpc) is 3.34. The van der Waals surface area contributed by atoms with E-state index < -0.39 is 0 Å². The summed E-state index contributed by atoms with van der Waals surface area (Å²) >= 11 is 1.93. The summed E-state index contributed by atoms with van der Waals surface area (Å²) < 4.78 is 0. The Balaban J connectivity index is 1.38. The molecular formula is C24H23NS. The minimum Gasteiger partial charge on any atom is -0.249 e. The van der Waals surface area contributed by atoms with Crippen LogP contribution >= 0.6 is 11.3 Å². The Kier molecular flexibility index (Phi) is 4.01. The van der Waals surface area contributed by atoms with Gasteiger partial charge >= 0.3 is 0 Å². The fourth-order valence-electron chi connectivity index (χ4n) is 4.47. The predicted octanol–water partition coefficient (Wildman–Crippen LogP) is 6.16. The maximum absolute atomic E-state index is 4.85. The fraction of sp³-hybridized carbons (Fsp3) is 0.292. The van der Waals surface area contributed by atoms with Gasteiger partial charge in [-0.05, 0) is 53.5 Å². The van der Waals surface area contributed by atoms with E-state index in [1.54, 1.807) is 0 Å². The van der Waals surface area contributed by atoms with Crippen molar-refractivity contribution >= 4 is 16.9 Å². The molecule has 0 saturated heterocycles. The van der Waals surface area contributed by atoms with Crippen molar-refractivity contribution in [2.45, 2.75) is 44.4 Å². The monoisotopic (exact) mass is 357 g/mol. The number of fused-ring (bicyclic) bond motifs is 2. The van der Waals surface area contributed by atoms with E-state index in [2.05, 4.69) is 67.7 Å². The van der Waals surface area contributed by atoms with Crippen molar-refractivity contribution in [3.63, 3.8) is 0 Å². The molecule has 1 heterocycles. The van der Waals surface area contributed by atoms with Gasteiger partial charge in [0.2, 0.25) is 0 Å². The maximum Gasteiger partial charge on any atom is 0.0962 e. The molecule has 0 N–H and O–H groups in total. The van der Waals surface area contributed by atoms with Gasteiger partial charge < -0.3 is 0 Å². The van der Waals surface area contributed by atoms with E-state index in [0.717, 1.165) is 12.8 Å². The van der Waals surface area contributed by atoms with Crippen LogP contribution in [-0.4, -0.2) is 4.98 Å². The molecule has 2 aliphatic carbocycles. The first-order chi connectivity index (χ1) is 12.8. The first-order valence-electron chi connectivity index (χ1n) is 9.60. The normalized spacial score (nSPS) is 19.6. The molecule has 0 amide bonds. The lowest BCUT2D eigenvalue weighted by molar-refractivity contribution is 0.582. The molecule has 2 aliphatic rings. The SMILES string of the molecule is CC(C1=CCc2ccccc21)c1cnc(C2CCc3ccccc3C2)s1. The molecule has 3 aromatic rings. The van der Waals surface area contributed by atoms with Crippen molar-refractivity contribution in [1.82, 2.24) is 4.98 Å². The molecule has 1 aromatic heterocycles. The lowest BCUT2D eigenvalue weighted by Crippen LogP contribution is -2.12. The lowest BCUT2D eigenvalue weighted by Gasteiger charge is -2.22. The van der Waals surface area contributed by atoms with Gasteiger partial charge in [0.05, 0.1) is 5.01 Å². The summed E-state index contributed by atoms with van der Waals surface area (Å²) in [6, 6.07) is 17.7. The van der Waals surface area contributed by atoms with Gasteiger partial charge in [-0.1, -0.05) is 61.5 Å². The third kappa shape index (κ3) is 2.73.